The Labute approximate surface area is 292 Å². The first-order valence-corrected chi connectivity index (χ1v) is 16.6. The molecule has 0 saturated carbocycles. The summed E-state index contributed by atoms with van der Waals surface area (Å²) in [6.45, 7) is 3.69. The molecule has 9 heteroatoms. The molecule has 1 unspecified atom stereocenters. The summed E-state index contributed by atoms with van der Waals surface area (Å²) in [6.07, 6.45) is -1.48. The number of nitrogens with one attached hydrogen (secondary N) is 1. The average Bonchev–Trinajstić information content (AvgIpc) is 3.13. The van der Waals surface area contributed by atoms with Gasteiger partial charge < -0.3 is 29.5 Å². The summed E-state index contributed by atoms with van der Waals surface area (Å²) in [5, 5.41) is 15.8. The van der Waals surface area contributed by atoms with Crippen molar-refractivity contribution in [2.24, 2.45) is 5.92 Å². The molecule has 0 spiro atoms. The van der Waals surface area contributed by atoms with Crippen LogP contribution in [0.2, 0.25) is 0 Å². The molecule has 5 rings (SSSR count). The van der Waals surface area contributed by atoms with E-state index in [1.807, 2.05) is 74.5 Å². The second-order valence-electron chi connectivity index (χ2n) is 12.4. The highest BCUT2D eigenvalue weighted by atomic mass is 16.6. The number of ether oxygens (including phenoxy) is 3. The zero-order valence-corrected chi connectivity index (χ0v) is 28.5. The molecular weight excluding hydrogens is 632 g/mol. The molecule has 2 amide bonds. The summed E-state index contributed by atoms with van der Waals surface area (Å²) in [5.41, 5.74) is 3.65. The number of benzene rings is 5. The molecule has 9 nitrogen and oxygen atoms in total. The van der Waals surface area contributed by atoms with E-state index in [2.05, 4.69) is 29.6 Å². The van der Waals surface area contributed by atoms with Gasteiger partial charge in [-0.25, -0.2) is 14.4 Å². The van der Waals surface area contributed by atoms with E-state index in [1.165, 1.54) is 12.0 Å². The molecule has 2 N–H and O–H groups in total. The minimum atomic E-state index is -1.59. The van der Waals surface area contributed by atoms with Gasteiger partial charge in [-0.2, -0.15) is 0 Å². The fraction of sp³-hybridized carbons (Fsp3) is 0.244. The molecule has 0 aromatic heterocycles. The lowest BCUT2D eigenvalue weighted by atomic mass is 9.96. The van der Waals surface area contributed by atoms with Crippen molar-refractivity contribution in [3.63, 3.8) is 0 Å². The van der Waals surface area contributed by atoms with Crippen molar-refractivity contribution >= 4 is 28.7 Å². The fourth-order valence-electron chi connectivity index (χ4n) is 5.64. The number of aliphatic hydroxyl groups excluding tert-OH is 1. The molecular formula is C41H42N2O7. The number of fused-ring (bicyclic) bond motifs is 1. The molecule has 2 atom stereocenters. The van der Waals surface area contributed by atoms with Gasteiger partial charge in [-0.3, -0.25) is 0 Å². The molecule has 0 aliphatic carbocycles. The molecule has 0 radical (unpaired) electrons. The van der Waals surface area contributed by atoms with Crippen LogP contribution in [0.4, 0.5) is 4.79 Å². The number of rotatable bonds is 14. The van der Waals surface area contributed by atoms with Crippen LogP contribution in [0.3, 0.4) is 0 Å². The Morgan fingerprint density at radius 2 is 1.38 bits per heavy atom. The largest absolute Gasteiger partial charge is 0.493 e. The predicted molar refractivity (Wildman–Crippen MR) is 193 cm³/mol. The zero-order chi connectivity index (χ0) is 35.5. The fourth-order valence-corrected chi connectivity index (χ4v) is 5.64. The second-order valence-corrected chi connectivity index (χ2v) is 12.4. The molecule has 5 aromatic rings. The Balaban J connectivity index is 1.34. The summed E-state index contributed by atoms with van der Waals surface area (Å²) in [7, 11) is 1.48. The normalized spacial score (nSPS) is 12.2. The number of amides is 2. The van der Waals surface area contributed by atoms with Gasteiger partial charge in [0.25, 0.3) is 0 Å². The van der Waals surface area contributed by atoms with Gasteiger partial charge in [0.1, 0.15) is 12.6 Å². The van der Waals surface area contributed by atoms with Crippen molar-refractivity contribution < 1.29 is 33.7 Å². The van der Waals surface area contributed by atoms with Gasteiger partial charge in [0.2, 0.25) is 0 Å². The Bertz CT molecular complexity index is 1890. The number of hydrogen-bond donors (Lipinski definition) is 2. The first-order valence-electron chi connectivity index (χ1n) is 16.6. The topological polar surface area (TPSA) is 114 Å². The highest BCUT2D eigenvalue weighted by Crippen LogP contribution is 2.29. The van der Waals surface area contributed by atoms with Crippen molar-refractivity contribution in [3.8, 4) is 22.6 Å². The first-order chi connectivity index (χ1) is 24.2. The summed E-state index contributed by atoms with van der Waals surface area (Å²) in [5.74, 6) is -0.985. The van der Waals surface area contributed by atoms with E-state index in [1.54, 1.807) is 36.4 Å². The summed E-state index contributed by atoms with van der Waals surface area (Å²) in [4.78, 5) is 41.5. The maximum Gasteiger partial charge on any atom is 0.337 e. The number of carbonyl (C=O) groups is 3. The van der Waals surface area contributed by atoms with E-state index >= 15 is 0 Å². The lowest BCUT2D eigenvalue weighted by molar-refractivity contribution is -0.155. The van der Waals surface area contributed by atoms with Crippen molar-refractivity contribution in [1.82, 2.24) is 10.2 Å². The van der Waals surface area contributed by atoms with Crippen molar-refractivity contribution in [2.75, 3.05) is 20.2 Å². The maximum atomic E-state index is 13.8. The Morgan fingerprint density at radius 1 is 0.720 bits per heavy atom. The van der Waals surface area contributed by atoms with Gasteiger partial charge in [-0.05, 0) is 51.1 Å². The number of para-hydroxylation sites is 2. The molecule has 5 aromatic carbocycles. The van der Waals surface area contributed by atoms with Crippen LogP contribution in [-0.4, -0.2) is 60.3 Å². The molecule has 0 aliphatic heterocycles. The van der Waals surface area contributed by atoms with Crippen LogP contribution in [-0.2, 0) is 27.4 Å². The first kappa shape index (κ1) is 35.6. The molecule has 258 valence electrons. The van der Waals surface area contributed by atoms with E-state index in [0.29, 0.717) is 5.75 Å². The standard InChI is InChI=1S/C41H42N2O7/c1-28(2)25-43(26-36(44)40(46)49-27-30-12-5-4-6-13-30)41(47)42-35(39(45)50-38-19-10-9-18-37(38)48-3)24-29-20-22-32(23-21-29)34-17-11-15-31-14-7-8-16-33(31)34/h4-23,28,35-36,44H,24-27H2,1-3H3,(H,42,47)/t35-,36?/m0/s1. The highest BCUT2D eigenvalue weighted by molar-refractivity contribution is 5.96. The van der Waals surface area contributed by atoms with Crippen LogP contribution >= 0.6 is 0 Å². The van der Waals surface area contributed by atoms with Crippen molar-refractivity contribution in [1.29, 1.82) is 0 Å². The molecule has 50 heavy (non-hydrogen) atoms. The Kier molecular flexibility index (Phi) is 12.2. The quantitative estimate of drug-likeness (QED) is 0.0984. The SMILES string of the molecule is COc1ccccc1OC(=O)[C@H](Cc1ccc(-c2cccc3ccccc23)cc1)NC(=O)N(CC(C)C)CC(O)C(=O)OCc1ccccc1. The highest BCUT2D eigenvalue weighted by Gasteiger charge is 2.30. The smallest absolute Gasteiger partial charge is 0.337 e. The minimum Gasteiger partial charge on any atom is -0.493 e. The van der Waals surface area contributed by atoms with Gasteiger partial charge in [0.15, 0.2) is 17.6 Å². The lowest BCUT2D eigenvalue weighted by Crippen LogP contribution is -2.53. The molecule has 0 fully saturated rings. The number of esters is 2. The predicted octanol–water partition coefficient (Wildman–Crippen LogP) is 6.80. The number of hydrogen-bond acceptors (Lipinski definition) is 7. The van der Waals surface area contributed by atoms with Crippen molar-refractivity contribution in [2.45, 2.75) is 39.0 Å². The third-order valence-electron chi connectivity index (χ3n) is 8.12. The lowest BCUT2D eigenvalue weighted by Gasteiger charge is -2.28. The maximum absolute atomic E-state index is 13.8. The van der Waals surface area contributed by atoms with E-state index < -0.39 is 30.1 Å². The third-order valence-corrected chi connectivity index (χ3v) is 8.12. The van der Waals surface area contributed by atoms with Gasteiger partial charge in [0, 0.05) is 13.0 Å². The third kappa shape index (κ3) is 9.48. The van der Waals surface area contributed by atoms with Crippen LogP contribution in [0.1, 0.15) is 25.0 Å². The minimum absolute atomic E-state index is 0.00566. The van der Waals surface area contributed by atoms with Crippen molar-refractivity contribution in [3.05, 3.63) is 132 Å². The molecule has 0 saturated heterocycles. The van der Waals surface area contributed by atoms with Crippen LogP contribution < -0.4 is 14.8 Å². The zero-order valence-electron chi connectivity index (χ0n) is 28.5. The number of methoxy groups -OCH3 is 1. The van der Waals surface area contributed by atoms with E-state index in [-0.39, 0.29) is 37.8 Å². The van der Waals surface area contributed by atoms with Gasteiger partial charge in [-0.15, -0.1) is 0 Å². The van der Waals surface area contributed by atoms with E-state index in [4.69, 9.17) is 14.2 Å². The Morgan fingerprint density at radius 3 is 2.10 bits per heavy atom. The van der Waals surface area contributed by atoms with Crippen LogP contribution in [0.15, 0.2) is 121 Å². The second kappa shape index (κ2) is 17.1. The summed E-state index contributed by atoms with van der Waals surface area (Å²) < 4.78 is 16.4. The number of nitrogens with zero attached hydrogens (tertiary/aromatic N) is 1. The van der Waals surface area contributed by atoms with Crippen LogP contribution in [0.5, 0.6) is 11.5 Å². The monoisotopic (exact) mass is 674 g/mol. The summed E-state index contributed by atoms with van der Waals surface area (Å²) >= 11 is 0. The van der Waals surface area contributed by atoms with E-state index in [9.17, 15) is 19.5 Å². The van der Waals surface area contributed by atoms with Crippen LogP contribution in [0.25, 0.3) is 21.9 Å². The van der Waals surface area contributed by atoms with Gasteiger partial charge in [0.05, 0.1) is 13.7 Å². The number of urea groups is 1. The summed E-state index contributed by atoms with van der Waals surface area (Å²) in [6, 6.07) is 36.3. The number of carbonyl (C=O) groups excluding carboxylic acids is 3. The molecule has 0 heterocycles. The average molecular weight is 675 g/mol. The van der Waals surface area contributed by atoms with E-state index in [0.717, 1.165) is 33.0 Å². The Hall–Kier alpha value is -5.67. The van der Waals surface area contributed by atoms with Crippen LogP contribution in [0, 0.1) is 5.92 Å². The molecule has 0 bridgehead atoms. The molecule has 0 aliphatic rings. The number of aliphatic hydroxyl groups is 1. The van der Waals surface area contributed by atoms with Gasteiger partial charge in [-0.1, -0.05) is 123 Å². The van der Waals surface area contributed by atoms with Gasteiger partial charge >= 0.3 is 18.0 Å².